The van der Waals surface area contributed by atoms with Crippen LogP contribution in [0.25, 0.3) is 10.6 Å². The van der Waals surface area contributed by atoms with Gasteiger partial charge in [0.2, 0.25) is 0 Å². The average Bonchev–Trinajstić information content (AvgIpc) is 3.20. The van der Waals surface area contributed by atoms with Gasteiger partial charge < -0.3 is 14.2 Å². The van der Waals surface area contributed by atoms with Gasteiger partial charge in [0.1, 0.15) is 11.6 Å². The molecular formula is C21H21NO4S. The molecule has 6 heteroatoms. The van der Waals surface area contributed by atoms with E-state index >= 15 is 0 Å². The number of hydrogen-bond donors (Lipinski definition) is 0. The number of benzene rings is 2. The van der Waals surface area contributed by atoms with Crippen LogP contribution in [0.3, 0.4) is 0 Å². The molecule has 5 nitrogen and oxygen atoms in total. The maximum Gasteiger partial charge on any atom is 0.338 e. The second-order valence-electron chi connectivity index (χ2n) is 5.81. The number of carbonyl (C=O) groups is 1. The highest BCUT2D eigenvalue weighted by atomic mass is 32.1. The Morgan fingerprint density at radius 2 is 1.85 bits per heavy atom. The summed E-state index contributed by atoms with van der Waals surface area (Å²) in [6, 6.07) is 13.1. The van der Waals surface area contributed by atoms with Gasteiger partial charge in [-0.05, 0) is 36.2 Å². The van der Waals surface area contributed by atoms with Crippen LogP contribution in [-0.4, -0.2) is 25.2 Å². The highest BCUT2D eigenvalue weighted by Crippen LogP contribution is 2.39. The summed E-state index contributed by atoms with van der Waals surface area (Å²) in [6.07, 6.45) is 0.935. The number of methoxy groups -OCH3 is 2. The molecule has 3 aromatic rings. The summed E-state index contributed by atoms with van der Waals surface area (Å²) in [7, 11) is 3.20. The topological polar surface area (TPSA) is 57.7 Å². The van der Waals surface area contributed by atoms with Crippen LogP contribution in [-0.2, 0) is 17.8 Å². The van der Waals surface area contributed by atoms with Crippen molar-refractivity contribution in [3.05, 3.63) is 64.7 Å². The van der Waals surface area contributed by atoms with Gasteiger partial charge in [0.25, 0.3) is 0 Å². The van der Waals surface area contributed by atoms with E-state index in [4.69, 9.17) is 14.2 Å². The molecule has 0 aliphatic carbocycles. The maximum absolute atomic E-state index is 12.2. The van der Waals surface area contributed by atoms with Crippen molar-refractivity contribution in [2.45, 2.75) is 20.0 Å². The van der Waals surface area contributed by atoms with Crippen molar-refractivity contribution in [1.29, 1.82) is 0 Å². The molecule has 0 bridgehead atoms. The summed E-state index contributed by atoms with van der Waals surface area (Å²) < 4.78 is 16.2. The molecule has 0 N–H and O–H groups in total. The number of hydrogen-bond acceptors (Lipinski definition) is 6. The van der Waals surface area contributed by atoms with Crippen molar-refractivity contribution in [2.75, 3.05) is 14.2 Å². The molecule has 3 rings (SSSR count). The number of aryl methyl sites for hydroxylation is 1. The van der Waals surface area contributed by atoms with Crippen LogP contribution in [0.1, 0.15) is 28.5 Å². The zero-order valence-corrected chi connectivity index (χ0v) is 16.3. The normalized spacial score (nSPS) is 10.5. The van der Waals surface area contributed by atoms with E-state index in [2.05, 4.69) is 11.9 Å². The van der Waals surface area contributed by atoms with E-state index in [0.29, 0.717) is 22.8 Å². The van der Waals surface area contributed by atoms with Gasteiger partial charge in [-0.25, -0.2) is 9.78 Å². The number of ether oxygens (including phenoxy) is 3. The van der Waals surface area contributed by atoms with Gasteiger partial charge in [0.05, 0.1) is 31.0 Å². The Morgan fingerprint density at radius 1 is 1.07 bits per heavy atom. The van der Waals surface area contributed by atoms with Crippen LogP contribution >= 0.6 is 11.3 Å². The van der Waals surface area contributed by atoms with Gasteiger partial charge in [0.15, 0.2) is 11.5 Å². The van der Waals surface area contributed by atoms with Crippen LogP contribution < -0.4 is 9.47 Å². The predicted octanol–water partition coefficient (Wildman–Crippen LogP) is 4.75. The predicted molar refractivity (Wildman–Crippen MR) is 106 cm³/mol. The molecule has 0 aliphatic rings. The minimum Gasteiger partial charge on any atom is -0.493 e. The summed E-state index contributed by atoms with van der Waals surface area (Å²) in [5, 5.41) is 2.66. The lowest BCUT2D eigenvalue weighted by Gasteiger charge is -2.10. The lowest BCUT2D eigenvalue weighted by molar-refractivity contribution is 0.0468. The first-order chi connectivity index (χ1) is 13.2. The molecule has 0 radical (unpaired) electrons. The van der Waals surface area contributed by atoms with Gasteiger partial charge in [-0.2, -0.15) is 0 Å². The van der Waals surface area contributed by atoms with Gasteiger partial charge >= 0.3 is 5.97 Å². The number of nitrogens with zero attached hydrogens (tertiary/aromatic N) is 1. The lowest BCUT2D eigenvalue weighted by atomic mass is 10.1. The molecule has 0 saturated carbocycles. The molecule has 1 aromatic heterocycles. The fourth-order valence-corrected chi connectivity index (χ4v) is 3.48. The number of carbonyl (C=O) groups excluding carboxylic acids is 1. The van der Waals surface area contributed by atoms with Crippen LogP contribution in [0.15, 0.2) is 47.8 Å². The highest BCUT2D eigenvalue weighted by molar-refractivity contribution is 7.13. The second kappa shape index (κ2) is 8.68. The summed E-state index contributed by atoms with van der Waals surface area (Å²) in [6.45, 7) is 2.20. The van der Waals surface area contributed by atoms with Crippen molar-refractivity contribution in [3.8, 4) is 22.1 Å². The molecule has 0 unspecified atom stereocenters. The minimum absolute atomic E-state index is 0.122. The van der Waals surface area contributed by atoms with E-state index in [-0.39, 0.29) is 12.6 Å². The molecule has 2 aromatic carbocycles. The van der Waals surface area contributed by atoms with E-state index in [1.807, 2.05) is 35.7 Å². The van der Waals surface area contributed by atoms with Gasteiger partial charge in [-0.3, -0.25) is 0 Å². The SMILES string of the molecule is CCc1ccc(C(=O)OCc2csc(-c3cccc(OC)c3OC)n2)cc1. The van der Waals surface area contributed by atoms with Gasteiger partial charge in [-0.15, -0.1) is 11.3 Å². The highest BCUT2D eigenvalue weighted by Gasteiger charge is 2.15. The lowest BCUT2D eigenvalue weighted by Crippen LogP contribution is -2.05. The molecule has 0 fully saturated rings. The standard InChI is InChI=1S/C21H21NO4S/c1-4-14-8-10-15(11-9-14)21(23)26-12-16-13-27-20(22-16)17-6-5-7-18(24-2)19(17)25-3/h5-11,13H,4,12H2,1-3H3. The fourth-order valence-electron chi connectivity index (χ4n) is 2.65. The second-order valence-corrected chi connectivity index (χ2v) is 6.67. The van der Waals surface area contributed by atoms with Crippen molar-refractivity contribution < 1.29 is 19.0 Å². The third-order valence-electron chi connectivity index (χ3n) is 4.13. The molecule has 0 amide bonds. The molecule has 0 aliphatic heterocycles. The molecule has 27 heavy (non-hydrogen) atoms. The van der Waals surface area contributed by atoms with E-state index in [1.54, 1.807) is 26.4 Å². The fraction of sp³-hybridized carbons (Fsp3) is 0.238. The quantitative estimate of drug-likeness (QED) is 0.551. The Hall–Kier alpha value is -2.86. The van der Waals surface area contributed by atoms with Gasteiger partial charge in [-0.1, -0.05) is 25.1 Å². The molecule has 1 heterocycles. The van der Waals surface area contributed by atoms with E-state index in [1.165, 1.54) is 16.9 Å². The van der Waals surface area contributed by atoms with Crippen molar-refractivity contribution >= 4 is 17.3 Å². The van der Waals surface area contributed by atoms with Gasteiger partial charge in [0, 0.05) is 5.38 Å². The Labute approximate surface area is 162 Å². The van der Waals surface area contributed by atoms with Crippen LogP contribution in [0.2, 0.25) is 0 Å². The molecule has 0 atom stereocenters. The number of para-hydroxylation sites is 1. The summed E-state index contributed by atoms with van der Waals surface area (Å²) in [5.74, 6) is 0.925. The Kier molecular flexibility index (Phi) is 6.08. The number of aromatic nitrogens is 1. The molecular weight excluding hydrogens is 362 g/mol. The van der Waals surface area contributed by atoms with Crippen molar-refractivity contribution in [1.82, 2.24) is 4.98 Å². The van der Waals surface area contributed by atoms with Crippen LogP contribution in [0, 0.1) is 0 Å². The smallest absolute Gasteiger partial charge is 0.338 e. The van der Waals surface area contributed by atoms with E-state index in [0.717, 1.165) is 17.0 Å². The minimum atomic E-state index is -0.355. The largest absolute Gasteiger partial charge is 0.493 e. The van der Waals surface area contributed by atoms with Crippen LogP contribution in [0.5, 0.6) is 11.5 Å². The molecule has 0 spiro atoms. The molecule has 140 valence electrons. The summed E-state index contributed by atoms with van der Waals surface area (Å²) in [5.41, 5.74) is 3.26. The summed E-state index contributed by atoms with van der Waals surface area (Å²) >= 11 is 1.47. The number of rotatable bonds is 7. The third-order valence-corrected chi connectivity index (χ3v) is 5.06. The van der Waals surface area contributed by atoms with Crippen molar-refractivity contribution in [3.63, 3.8) is 0 Å². The van der Waals surface area contributed by atoms with Crippen LogP contribution in [0.4, 0.5) is 0 Å². The van der Waals surface area contributed by atoms with Crippen molar-refractivity contribution in [2.24, 2.45) is 0 Å². The zero-order chi connectivity index (χ0) is 19.2. The third kappa shape index (κ3) is 4.28. The first-order valence-electron chi connectivity index (χ1n) is 8.58. The van der Waals surface area contributed by atoms with E-state index < -0.39 is 0 Å². The Morgan fingerprint density at radius 3 is 2.52 bits per heavy atom. The average molecular weight is 383 g/mol. The zero-order valence-electron chi connectivity index (χ0n) is 15.5. The Balaban J connectivity index is 1.70. The monoisotopic (exact) mass is 383 g/mol. The molecule has 0 saturated heterocycles. The number of thiazole rings is 1. The maximum atomic E-state index is 12.2. The van der Waals surface area contributed by atoms with E-state index in [9.17, 15) is 4.79 Å². The Bertz CT molecular complexity index is 918. The first kappa shape index (κ1) is 18.9. The summed E-state index contributed by atoms with van der Waals surface area (Å²) in [4.78, 5) is 16.8. The first-order valence-corrected chi connectivity index (χ1v) is 9.46. The number of esters is 1.